The van der Waals surface area contributed by atoms with E-state index in [1.54, 1.807) is 23.5 Å². The summed E-state index contributed by atoms with van der Waals surface area (Å²) in [5.41, 5.74) is 1.55. The van der Waals surface area contributed by atoms with Gasteiger partial charge in [0.05, 0.1) is 6.04 Å². The maximum absolute atomic E-state index is 13.1. The van der Waals surface area contributed by atoms with Crippen LogP contribution in [-0.4, -0.2) is 10.1 Å². The summed E-state index contributed by atoms with van der Waals surface area (Å²) in [6, 6.07) is 4.61. The Morgan fingerprint density at radius 3 is 2.94 bits per heavy atom. The molecular formula is C13H15FN2OS. The smallest absolute Gasteiger partial charge is 0.165 e. The Bertz CT molecular complexity index is 542. The minimum absolute atomic E-state index is 0.0753. The molecule has 1 heterocycles. The zero-order chi connectivity index (χ0) is 13.1. The number of phenolic OH excluding ortho intramolecular Hbond substituents is 1. The monoisotopic (exact) mass is 266 g/mol. The van der Waals surface area contributed by atoms with Gasteiger partial charge in [-0.15, -0.1) is 11.3 Å². The number of halogens is 1. The number of aromatic hydroxyl groups is 1. The molecule has 0 saturated carbocycles. The van der Waals surface area contributed by atoms with E-state index in [2.05, 4.69) is 10.3 Å². The molecule has 0 bridgehead atoms. The van der Waals surface area contributed by atoms with E-state index in [4.69, 9.17) is 0 Å². The van der Waals surface area contributed by atoms with E-state index < -0.39 is 5.82 Å². The molecule has 0 saturated heterocycles. The number of hydrogen-bond acceptors (Lipinski definition) is 4. The molecule has 0 radical (unpaired) electrons. The standard InChI is InChI=1S/C13H15FN2OS/c1-8-7-18-13(16-8)9(2)15-6-10-4-3-5-11(14)12(10)17/h3-5,7,9,15,17H,6H2,1-2H3. The van der Waals surface area contributed by atoms with Crippen LogP contribution >= 0.6 is 11.3 Å². The van der Waals surface area contributed by atoms with E-state index in [-0.39, 0.29) is 11.8 Å². The molecule has 1 atom stereocenters. The van der Waals surface area contributed by atoms with Gasteiger partial charge in [-0.3, -0.25) is 0 Å². The van der Waals surface area contributed by atoms with Gasteiger partial charge in [-0.1, -0.05) is 12.1 Å². The Kier molecular flexibility index (Phi) is 3.93. The van der Waals surface area contributed by atoms with E-state index in [1.807, 2.05) is 19.2 Å². The molecular weight excluding hydrogens is 251 g/mol. The van der Waals surface area contributed by atoms with Crippen molar-refractivity contribution in [2.75, 3.05) is 0 Å². The van der Waals surface area contributed by atoms with Crippen LogP contribution in [0.5, 0.6) is 5.75 Å². The van der Waals surface area contributed by atoms with Crippen LogP contribution in [-0.2, 0) is 6.54 Å². The molecule has 1 aromatic carbocycles. The molecule has 2 N–H and O–H groups in total. The predicted octanol–water partition coefficient (Wildman–Crippen LogP) is 3.15. The fourth-order valence-corrected chi connectivity index (χ4v) is 2.45. The topological polar surface area (TPSA) is 45.1 Å². The number of aromatic nitrogens is 1. The maximum atomic E-state index is 13.1. The number of nitrogens with one attached hydrogen (secondary N) is 1. The van der Waals surface area contributed by atoms with Crippen molar-refractivity contribution in [3.8, 4) is 5.75 Å². The van der Waals surface area contributed by atoms with Crippen LogP contribution in [0.1, 0.15) is 29.2 Å². The highest BCUT2D eigenvalue weighted by atomic mass is 32.1. The first kappa shape index (κ1) is 13.0. The summed E-state index contributed by atoms with van der Waals surface area (Å²) in [6.07, 6.45) is 0. The Balaban J connectivity index is 2.01. The fourth-order valence-electron chi connectivity index (χ4n) is 1.62. The zero-order valence-electron chi connectivity index (χ0n) is 10.3. The molecule has 18 heavy (non-hydrogen) atoms. The molecule has 0 spiro atoms. The summed E-state index contributed by atoms with van der Waals surface area (Å²) in [6.45, 7) is 4.35. The van der Waals surface area contributed by atoms with E-state index in [0.717, 1.165) is 10.7 Å². The minimum Gasteiger partial charge on any atom is -0.505 e. The lowest BCUT2D eigenvalue weighted by molar-refractivity contribution is 0.420. The quantitative estimate of drug-likeness (QED) is 0.893. The van der Waals surface area contributed by atoms with Crippen molar-refractivity contribution < 1.29 is 9.50 Å². The summed E-state index contributed by atoms with van der Waals surface area (Å²) in [7, 11) is 0. The van der Waals surface area contributed by atoms with Crippen molar-refractivity contribution in [1.82, 2.24) is 10.3 Å². The Labute approximate surface area is 109 Å². The fraction of sp³-hybridized carbons (Fsp3) is 0.308. The highest BCUT2D eigenvalue weighted by Gasteiger charge is 2.11. The Hall–Kier alpha value is -1.46. The zero-order valence-corrected chi connectivity index (χ0v) is 11.1. The summed E-state index contributed by atoms with van der Waals surface area (Å²) >= 11 is 1.59. The van der Waals surface area contributed by atoms with Crippen LogP contribution in [0.4, 0.5) is 4.39 Å². The molecule has 0 aliphatic carbocycles. The first-order valence-corrected chi connectivity index (χ1v) is 6.57. The Morgan fingerprint density at radius 1 is 1.50 bits per heavy atom. The van der Waals surface area contributed by atoms with Crippen molar-refractivity contribution in [2.45, 2.75) is 26.4 Å². The second-order valence-electron chi connectivity index (χ2n) is 4.18. The molecule has 0 amide bonds. The van der Waals surface area contributed by atoms with Crippen LogP contribution in [0.3, 0.4) is 0 Å². The molecule has 3 nitrogen and oxygen atoms in total. The van der Waals surface area contributed by atoms with Crippen molar-refractivity contribution >= 4 is 11.3 Å². The van der Waals surface area contributed by atoms with Gasteiger partial charge < -0.3 is 10.4 Å². The van der Waals surface area contributed by atoms with E-state index in [9.17, 15) is 9.50 Å². The SMILES string of the molecule is Cc1csc(C(C)NCc2cccc(F)c2O)n1. The average molecular weight is 266 g/mol. The number of rotatable bonds is 4. The molecule has 0 aliphatic rings. The Morgan fingerprint density at radius 2 is 2.28 bits per heavy atom. The maximum Gasteiger partial charge on any atom is 0.165 e. The van der Waals surface area contributed by atoms with E-state index in [0.29, 0.717) is 12.1 Å². The molecule has 1 aromatic heterocycles. The van der Waals surface area contributed by atoms with Gasteiger partial charge in [-0.25, -0.2) is 9.37 Å². The number of benzene rings is 1. The molecule has 5 heteroatoms. The van der Waals surface area contributed by atoms with Gasteiger partial charge >= 0.3 is 0 Å². The number of aryl methyl sites for hydroxylation is 1. The van der Waals surface area contributed by atoms with Gasteiger partial charge in [0, 0.05) is 23.2 Å². The second-order valence-corrected chi connectivity index (χ2v) is 5.07. The van der Waals surface area contributed by atoms with E-state index >= 15 is 0 Å². The van der Waals surface area contributed by atoms with Gasteiger partial charge in [0.1, 0.15) is 5.01 Å². The first-order valence-electron chi connectivity index (χ1n) is 5.69. The summed E-state index contributed by atoms with van der Waals surface area (Å²) in [5.74, 6) is -0.875. The molecule has 0 fully saturated rings. The van der Waals surface area contributed by atoms with Gasteiger partial charge in [0.2, 0.25) is 0 Å². The highest BCUT2D eigenvalue weighted by molar-refractivity contribution is 7.09. The van der Waals surface area contributed by atoms with Crippen LogP contribution < -0.4 is 5.32 Å². The lowest BCUT2D eigenvalue weighted by Gasteiger charge is -2.12. The van der Waals surface area contributed by atoms with Crippen LogP contribution in [0.25, 0.3) is 0 Å². The molecule has 2 aromatic rings. The summed E-state index contributed by atoms with van der Waals surface area (Å²) in [5, 5.41) is 15.8. The third-order valence-corrected chi connectivity index (χ3v) is 3.82. The molecule has 96 valence electrons. The molecule has 0 aliphatic heterocycles. The van der Waals surface area contributed by atoms with Gasteiger partial charge in [0.15, 0.2) is 11.6 Å². The lowest BCUT2D eigenvalue weighted by atomic mass is 10.2. The highest BCUT2D eigenvalue weighted by Crippen LogP contribution is 2.22. The van der Waals surface area contributed by atoms with Crippen LogP contribution in [0.15, 0.2) is 23.6 Å². The summed E-state index contributed by atoms with van der Waals surface area (Å²) < 4.78 is 13.1. The number of thiazole rings is 1. The summed E-state index contributed by atoms with van der Waals surface area (Å²) in [4.78, 5) is 4.38. The van der Waals surface area contributed by atoms with Gasteiger partial charge in [0.25, 0.3) is 0 Å². The molecule has 2 rings (SSSR count). The molecule has 1 unspecified atom stereocenters. The van der Waals surface area contributed by atoms with Gasteiger partial charge in [-0.2, -0.15) is 0 Å². The van der Waals surface area contributed by atoms with E-state index in [1.165, 1.54) is 6.07 Å². The van der Waals surface area contributed by atoms with Gasteiger partial charge in [-0.05, 0) is 19.9 Å². The first-order chi connectivity index (χ1) is 8.58. The minimum atomic E-state index is -0.591. The average Bonchev–Trinajstić information content (AvgIpc) is 2.77. The lowest BCUT2D eigenvalue weighted by Crippen LogP contribution is -2.18. The second kappa shape index (κ2) is 5.46. The number of nitrogens with zero attached hydrogens (tertiary/aromatic N) is 1. The largest absolute Gasteiger partial charge is 0.505 e. The number of para-hydroxylation sites is 1. The van der Waals surface area contributed by atoms with Crippen LogP contribution in [0.2, 0.25) is 0 Å². The van der Waals surface area contributed by atoms with Crippen molar-refractivity contribution in [1.29, 1.82) is 0 Å². The number of phenols is 1. The number of hydrogen-bond donors (Lipinski definition) is 2. The third-order valence-electron chi connectivity index (χ3n) is 2.68. The van der Waals surface area contributed by atoms with Crippen molar-refractivity contribution in [3.05, 3.63) is 45.7 Å². The van der Waals surface area contributed by atoms with Crippen LogP contribution in [0, 0.1) is 12.7 Å². The van der Waals surface area contributed by atoms with Crippen molar-refractivity contribution in [3.63, 3.8) is 0 Å². The predicted molar refractivity (Wildman–Crippen MR) is 70.2 cm³/mol. The third kappa shape index (κ3) is 2.86. The van der Waals surface area contributed by atoms with Crippen molar-refractivity contribution in [2.24, 2.45) is 0 Å². The normalized spacial score (nSPS) is 12.6.